The Balaban J connectivity index is 2.39. The van der Waals surface area contributed by atoms with Crippen LogP contribution in [-0.2, 0) is 0 Å². The fourth-order valence-electron chi connectivity index (χ4n) is 1.00. The molecule has 10 heavy (non-hydrogen) atoms. The molecule has 0 unspecified atom stereocenters. The highest BCUT2D eigenvalue weighted by molar-refractivity contribution is 6.73. The average Bonchev–Trinajstić information content (AvgIpc) is 1.88. The van der Waals surface area contributed by atoms with E-state index in [2.05, 4.69) is 34.8 Å². The number of hydrogen-bond acceptors (Lipinski definition) is 3. The summed E-state index contributed by atoms with van der Waals surface area (Å²) >= 11 is 0. The zero-order valence-electron chi connectivity index (χ0n) is 7.07. The average molecular weight is 159 g/mol. The minimum Gasteiger partial charge on any atom is -0.300 e. The maximum absolute atomic E-state index is 3.29. The lowest BCUT2D eigenvalue weighted by atomic mass is 10.8. The van der Waals surface area contributed by atoms with E-state index in [4.69, 9.17) is 0 Å². The summed E-state index contributed by atoms with van der Waals surface area (Å²) < 4.78 is 2.50. The Morgan fingerprint density at radius 3 is 1.90 bits per heavy atom. The molecule has 0 aromatic rings. The number of nitrogens with zero attached hydrogens (tertiary/aromatic N) is 1. The van der Waals surface area contributed by atoms with Crippen molar-refractivity contribution < 1.29 is 0 Å². The van der Waals surface area contributed by atoms with E-state index in [1.165, 1.54) is 0 Å². The molecule has 1 heterocycles. The summed E-state index contributed by atoms with van der Waals surface area (Å²) in [6.07, 6.45) is 0. The second kappa shape index (κ2) is 3.00. The fraction of sp³-hybridized carbons (Fsp3) is 1.00. The van der Waals surface area contributed by atoms with Crippen LogP contribution in [0.15, 0.2) is 0 Å². The van der Waals surface area contributed by atoms with Gasteiger partial charge in [-0.2, -0.15) is 0 Å². The van der Waals surface area contributed by atoms with Crippen molar-refractivity contribution in [2.24, 2.45) is 0 Å². The SMILES string of the molecule is C[Si](C)(C)N1CNCNC1. The topological polar surface area (TPSA) is 27.3 Å². The van der Waals surface area contributed by atoms with Crippen LogP contribution < -0.4 is 10.6 Å². The summed E-state index contributed by atoms with van der Waals surface area (Å²) in [6.45, 7) is 10.2. The Morgan fingerprint density at radius 1 is 1.10 bits per heavy atom. The molecule has 1 rings (SSSR count). The van der Waals surface area contributed by atoms with Crippen molar-refractivity contribution in [3.63, 3.8) is 0 Å². The number of hydrogen-bond donors (Lipinski definition) is 2. The van der Waals surface area contributed by atoms with Gasteiger partial charge in [0.25, 0.3) is 0 Å². The van der Waals surface area contributed by atoms with E-state index in [0.717, 1.165) is 20.0 Å². The monoisotopic (exact) mass is 159 g/mol. The lowest BCUT2D eigenvalue weighted by Gasteiger charge is -2.37. The van der Waals surface area contributed by atoms with Crippen LogP contribution in [0.1, 0.15) is 0 Å². The van der Waals surface area contributed by atoms with E-state index in [9.17, 15) is 0 Å². The Kier molecular flexibility index (Phi) is 2.46. The van der Waals surface area contributed by atoms with Gasteiger partial charge in [-0.05, 0) is 0 Å². The molecule has 1 fully saturated rings. The predicted octanol–water partition coefficient (Wildman–Crippen LogP) is 0.189. The zero-order valence-corrected chi connectivity index (χ0v) is 8.07. The van der Waals surface area contributed by atoms with Crippen molar-refractivity contribution in [3.8, 4) is 0 Å². The van der Waals surface area contributed by atoms with Crippen LogP contribution in [0.2, 0.25) is 19.6 Å². The molecule has 0 aromatic heterocycles. The van der Waals surface area contributed by atoms with Crippen LogP contribution in [0.4, 0.5) is 0 Å². The van der Waals surface area contributed by atoms with E-state index in [-0.39, 0.29) is 0 Å². The molecule has 1 saturated heterocycles. The first-order valence-corrected chi connectivity index (χ1v) is 7.22. The quantitative estimate of drug-likeness (QED) is 0.535. The van der Waals surface area contributed by atoms with E-state index in [1.807, 2.05) is 0 Å². The van der Waals surface area contributed by atoms with Crippen LogP contribution in [0.3, 0.4) is 0 Å². The first-order chi connectivity index (χ1) is 4.61. The summed E-state index contributed by atoms with van der Waals surface area (Å²) in [7, 11) is -1.05. The minimum atomic E-state index is -1.05. The molecule has 0 saturated carbocycles. The minimum absolute atomic E-state index is 0.959. The Hall–Kier alpha value is 0.0969. The van der Waals surface area contributed by atoms with Crippen LogP contribution in [0.25, 0.3) is 0 Å². The second-order valence-electron chi connectivity index (χ2n) is 3.70. The molecule has 0 bridgehead atoms. The van der Waals surface area contributed by atoms with Gasteiger partial charge in [-0.3, -0.25) is 15.2 Å². The molecule has 3 nitrogen and oxygen atoms in total. The molecule has 0 spiro atoms. The molecule has 60 valence electrons. The fourth-order valence-corrected chi connectivity index (χ4v) is 2.17. The molecule has 1 aliphatic rings. The van der Waals surface area contributed by atoms with E-state index < -0.39 is 8.24 Å². The van der Waals surface area contributed by atoms with Gasteiger partial charge >= 0.3 is 0 Å². The molecule has 0 radical (unpaired) electrons. The van der Waals surface area contributed by atoms with Crippen LogP contribution in [0, 0.1) is 0 Å². The maximum Gasteiger partial charge on any atom is 0.122 e. The van der Waals surface area contributed by atoms with Gasteiger partial charge in [0, 0.05) is 20.0 Å². The Bertz CT molecular complexity index is 104. The van der Waals surface area contributed by atoms with Crippen LogP contribution in [-0.4, -0.2) is 32.8 Å². The maximum atomic E-state index is 3.29. The molecular formula is C6H17N3Si. The third kappa shape index (κ3) is 2.05. The van der Waals surface area contributed by atoms with Gasteiger partial charge in [0.15, 0.2) is 0 Å². The first-order valence-electron chi connectivity index (χ1n) is 3.77. The van der Waals surface area contributed by atoms with Crippen molar-refractivity contribution >= 4 is 8.24 Å². The van der Waals surface area contributed by atoms with E-state index >= 15 is 0 Å². The summed E-state index contributed by atoms with van der Waals surface area (Å²) in [5, 5.41) is 6.58. The van der Waals surface area contributed by atoms with E-state index in [1.54, 1.807) is 0 Å². The third-order valence-electron chi connectivity index (χ3n) is 1.80. The summed E-state index contributed by atoms with van der Waals surface area (Å²) in [5.41, 5.74) is 0. The highest BCUT2D eigenvalue weighted by Gasteiger charge is 2.24. The van der Waals surface area contributed by atoms with Gasteiger partial charge in [0.2, 0.25) is 0 Å². The van der Waals surface area contributed by atoms with Crippen molar-refractivity contribution in [2.75, 3.05) is 20.0 Å². The molecule has 2 N–H and O–H groups in total. The van der Waals surface area contributed by atoms with Gasteiger partial charge in [-0.15, -0.1) is 0 Å². The summed E-state index contributed by atoms with van der Waals surface area (Å²) in [5.74, 6) is 0. The Labute approximate surface area is 63.9 Å². The van der Waals surface area contributed by atoms with Crippen molar-refractivity contribution in [3.05, 3.63) is 0 Å². The van der Waals surface area contributed by atoms with Crippen molar-refractivity contribution in [2.45, 2.75) is 19.6 Å². The summed E-state index contributed by atoms with van der Waals surface area (Å²) in [6, 6.07) is 0. The molecular weight excluding hydrogens is 142 g/mol. The van der Waals surface area contributed by atoms with Gasteiger partial charge in [0.05, 0.1) is 0 Å². The van der Waals surface area contributed by atoms with Gasteiger partial charge in [-0.25, -0.2) is 0 Å². The largest absolute Gasteiger partial charge is 0.300 e. The lowest BCUT2D eigenvalue weighted by Crippen LogP contribution is -2.59. The highest BCUT2D eigenvalue weighted by atomic mass is 28.3. The predicted molar refractivity (Wildman–Crippen MR) is 46.1 cm³/mol. The van der Waals surface area contributed by atoms with Crippen LogP contribution in [0.5, 0.6) is 0 Å². The first kappa shape index (κ1) is 8.20. The van der Waals surface area contributed by atoms with Crippen molar-refractivity contribution in [1.82, 2.24) is 15.2 Å². The molecule has 4 heteroatoms. The standard InChI is InChI=1S/C6H17N3Si/c1-10(2,3)9-5-7-4-8-6-9/h7-8H,4-6H2,1-3H3. The smallest absolute Gasteiger partial charge is 0.122 e. The normalized spacial score (nSPS) is 23.1. The summed E-state index contributed by atoms with van der Waals surface area (Å²) in [4.78, 5) is 0. The Morgan fingerprint density at radius 2 is 1.60 bits per heavy atom. The lowest BCUT2D eigenvalue weighted by molar-refractivity contribution is 0.292. The van der Waals surface area contributed by atoms with Gasteiger partial charge < -0.3 is 0 Å². The van der Waals surface area contributed by atoms with Crippen LogP contribution >= 0.6 is 0 Å². The third-order valence-corrected chi connectivity index (χ3v) is 4.02. The number of nitrogens with one attached hydrogen (secondary N) is 2. The van der Waals surface area contributed by atoms with E-state index in [0.29, 0.717) is 0 Å². The molecule has 0 aromatic carbocycles. The second-order valence-corrected chi connectivity index (χ2v) is 8.68. The van der Waals surface area contributed by atoms with Crippen molar-refractivity contribution in [1.29, 1.82) is 0 Å². The molecule has 0 amide bonds. The molecule has 1 aliphatic heterocycles. The zero-order chi connectivity index (χ0) is 7.61. The molecule has 0 aliphatic carbocycles. The highest BCUT2D eigenvalue weighted by Crippen LogP contribution is 2.07. The molecule has 0 atom stereocenters. The number of rotatable bonds is 1. The van der Waals surface area contributed by atoms with Gasteiger partial charge in [-0.1, -0.05) is 19.6 Å². The van der Waals surface area contributed by atoms with Gasteiger partial charge in [0.1, 0.15) is 8.24 Å².